The van der Waals surface area contributed by atoms with E-state index in [1.165, 1.54) is 0 Å². The van der Waals surface area contributed by atoms with E-state index in [9.17, 15) is 4.79 Å². The van der Waals surface area contributed by atoms with Gasteiger partial charge >= 0.3 is 0 Å². The molecule has 0 fully saturated rings. The highest BCUT2D eigenvalue weighted by Crippen LogP contribution is 2.25. The lowest BCUT2D eigenvalue weighted by Gasteiger charge is -1.98. The Balaban J connectivity index is 1.53. The lowest BCUT2D eigenvalue weighted by Crippen LogP contribution is -1.87. The molecule has 0 amide bonds. The number of fused-ring (bicyclic) bond motifs is 1. The van der Waals surface area contributed by atoms with Crippen molar-refractivity contribution in [2.45, 2.75) is 6.92 Å². The second-order valence-corrected chi connectivity index (χ2v) is 6.68. The first kappa shape index (κ1) is 17.3. The molecule has 1 heterocycles. The third-order valence-corrected chi connectivity index (χ3v) is 4.52. The van der Waals surface area contributed by atoms with Gasteiger partial charge in [-0.2, -0.15) is 0 Å². The summed E-state index contributed by atoms with van der Waals surface area (Å²) in [5, 5.41) is -0.449. The maximum Gasteiger partial charge on any atom is 0.252 e. The van der Waals surface area contributed by atoms with Crippen LogP contribution in [0.15, 0.2) is 71.1 Å². The van der Waals surface area contributed by atoms with E-state index in [1.807, 2.05) is 73.7 Å². The lowest BCUT2D eigenvalue weighted by atomic mass is 10.1. The van der Waals surface area contributed by atoms with Gasteiger partial charge in [0, 0.05) is 11.1 Å². The maximum atomic E-state index is 11.1. The average molecular weight is 374 g/mol. The molecule has 0 N–H and O–H groups in total. The van der Waals surface area contributed by atoms with Crippen molar-refractivity contribution in [3.63, 3.8) is 0 Å². The highest BCUT2D eigenvalue weighted by molar-refractivity contribution is 6.67. The summed E-state index contributed by atoms with van der Waals surface area (Å²) in [5.74, 6) is 0.618. The second kappa shape index (κ2) is 7.22. The highest BCUT2D eigenvalue weighted by Gasteiger charge is 2.08. The van der Waals surface area contributed by atoms with Gasteiger partial charge in [0.05, 0.1) is 0 Å². The van der Waals surface area contributed by atoms with Crippen LogP contribution >= 0.6 is 11.6 Å². The SMILES string of the molecule is Cc1ccc2oc(-c3ccc(C=Cc4ccc(C(=O)Cl)cc4)cc3)nc2c1. The molecule has 27 heavy (non-hydrogen) atoms. The number of benzene rings is 3. The zero-order chi connectivity index (χ0) is 18.8. The van der Waals surface area contributed by atoms with E-state index in [1.54, 1.807) is 12.1 Å². The Kier molecular flexibility index (Phi) is 4.61. The number of oxazole rings is 1. The summed E-state index contributed by atoms with van der Waals surface area (Å²) in [7, 11) is 0. The number of rotatable bonds is 4. The number of carbonyl (C=O) groups excluding carboxylic acids is 1. The van der Waals surface area contributed by atoms with E-state index in [-0.39, 0.29) is 0 Å². The molecule has 0 aliphatic carbocycles. The molecule has 3 aromatic carbocycles. The molecule has 0 spiro atoms. The molecular weight excluding hydrogens is 358 g/mol. The van der Waals surface area contributed by atoms with Crippen LogP contribution in [0.1, 0.15) is 27.0 Å². The minimum absolute atomic E-state index is 0.449. The molecule has 0 unspecified atom stereocenters. The lowest BCUT2D eigenvalue weighted by molar-refractivity contribution is 0.108. The van der Waals surface area contributed by atoms with Gasteiger partial charge in [-0.1, -0.05) is 42.5 Å². The number of aromatic nitrogens is 1. The van der Waals surface area contributed by atoms with Gasteiger partial charge in [-0.15, -0.1) is 0 Å². The van der Waals surface area contributed by atoms with Gasteiger partial charge in [0.1, 0.15) is 5.52 Å². The van der Waals surface area contributed by atoms with Crippen LogP contribution in [0, 0.1) is 6.92 Å². The Labute approximate surface area is 161 Å². The Hall–Kier alpha value is -3.17. The Morgan fingerprint density at radius 2 is 1.56 bits per heavy atom. The quantitative estimate of drug-likeness (QED) is 0.309. The van der Waals surface area contributed by atoms with Crippen LogP contribution in [-0.2, 0) is 0 Å². The van der Waals surface area contributed by atoms with Gasteiger partial charge in [-0.25, -0.2) is 4.98 Å². The molecule has 0 aliphatic heterocycles. The molecule has 4 aromatic rings. The molecule has 132 valence electrons. The number of carbonyl (C=O) groups is 1. The monoisotopic (exact) mass is 373 g/mol. The van der Waals surface area contributed by atoms with E-state index in [0.717, 1.165) is 33.4 Å². The Morgan fingerprint density at radius 3 is 2.19 bits per heavy atom. The average Bonchev–Trinajstić information content (AvgIpc) is 3.10. The molecule has 0 radical (unpaired) electrons. The third kappa shape index (κ3) is 3.83. The molecule has 3 nitrogen and oxygen atoms in total. The van der Waals surface area contributed by atoms with Crippen molar-refractivity contribution in [2.24, 2.45) is 0 Å². The van der Waals surface area contributed by atoms with Crippen LogP contribution in [0.3, 0.4) is 0 Å². The molecule has 0 atom stereocenters. The summed E-state index contributed by atoms with van der Waals surface area (Å²) in [6, 6.07) is 21.1. The van der Waals surface area contributed by atoms with Crippen molar-refractivity contribution < 1.29 is 9.21 Å². The summed E-state index contributed by atoms with van der Waals surface area (Å²) in [6.07, 6.45) is 4.00. The Morgan fingerprint density at radius 1 is 0.926 bits per heavy atom. The molecular formula is C23H16ClNO2. The third-order valence-electron chi connectivity index (χ3n) is 4.31. The molecule has 4 heteroatoms. The van der Waals surface area contributed by atoms with Crippen LogP contribution in [0.5, 0.6) is 0 Å². The second-order valence-electron chi connectivity index (χ2n) is 6.34. The predicted molar refractivity (Wildman–Crippen MR) is 110 cm³/mol. The van der Waals surface area contributed by atoms with Crippen LogP contribution in [-0.4, -0.2) is 10.2 Å². The van der Waals surface area contributed by atoms with Gasteiger partial charge in [0.2, 0.25) is 5.89 Å². The fourth-order valence-corrected chi connectivity index (χ4v) is 2.94. The summed E-state index contributed by atoms with van der Waals surface area (Å²) < 4.78 is 5.84. The maximum absolute atomic E-state index is 11.1. The van der Waals surface area contributed by atoms with E-state index in [4.69, 9.17) is 16.0 Å². The van der Waals surface area contributed by atoms with Gasteiger partial charge in [-0.3, -0.25) is 4.79 Å². The molecule has 0 saturated heterocycles. The number of aryl methyl sites for hydroxylation is 1. The van der Waals surface area contributed by atoms with E-state index < -0.39 is 5.24 Å². The normalized spacial score (nSPS) is 11.3. The highest BCUT2D eigenvalue weighted by atomic mass is 35.5. The first-order valence-electron chi connectivity index (χ1n) is 8.54. The number of halogens is 1. The van der Waals surface area contributed by atoms with Crippen molar-refractivity contribution in [3.8, 4) is 11.5 Å². The minimum atomic E-state index is -0.449. The predicted octanol–water partition coefficient (Wildman–Crippen LogP) is 6.35. The van der Waals surface area contributed by atoms with Gasteiger partial charge in [0.15, 0.2) is 5.58 Å². The molecule has 0 saturated carbocycles. The summed E-state index contributed by atoms with van der Waals surface area (Å²) in [6.45, 7) is 2.04. The van der Waals surface area contributed by atoms with Crippen LogP contribution in [0.2, 0.25) is 0 Å². The first-order valence-corrected chi connectivity index (χ1v) is 8.92. The number of hydrogen-bond donors (Lipinski definition) is 0. The minimum Gasteiger partial charge on any atom is -0.436 e. The summed E-state index contributed by atoms with van der Waals surface area (Å²) in [5.41, 5.74) is 6.30. The van der Waals surface area contributed by atoms with Crippen molar-refractivity contribution in [2.75, 3.05) is 0 Å². The summed E-state index contributed by atoms with van der Waals surface area (Å²) >= 11 is 5.46. The van der Waals surface area contributed by atoms with Crippen LogP contribution in [0.4, 0.5) is 0 Å². The largest absolute Gasteiger partial charge is 0.436 e. The van der Waals surface area contributed by atoms with Crippen molar-refractivity contribution in [1.82, 2.24) is 4.98 Å². The van der Waals surface area contributed by atoms with E-state index in [2.05, 4.69) is 4.98 Å². The standard InChI is InChI=1S/C23H16ClNO2/c1-15-2-13-21-20(14-15)25-23(27-21)19-11-7-17(8-12-19)4-3-16-5-9-18(10-6-16)22(24)26/h2-14H,1H3. The number of hydrogen-bond acceptors (Lipinski definition) is 3. The zero-order valence-electron chi connectivity index (χ0n) is 14.6. The van der Waals surface area contributed by atoms with E-state index in [0.29, 0.717) is 11.5 Å². The van der Waals surface area contributed by atoms with Crippen LogP contribution in [0.25, 0.3) is 34.7 Å². The van der Waals surface area contributed by atoms with Crippen LogP contribution < -0.4 is 0 Å². The molecule has 0 bridgehead atoms. The van der Waals surface area contributed by atoms with Gasteiger partial charge < -0.3 is 4.42 Å². The fourth-order valence-electron chi connectivity index (χ4n) is 2.82. The topological polar surface area (TPSA) is 43.1 Å². The smallest absolute Gasteiger partial charge is 0.252 e. The van der Waals surface area contributed by atoms with E-state index >= 15 is 0 Å². The molecule has 4 rings (SSSR count). The fraction of sp³-hybridized carbons (Fsp3) is 0.0435. The first-order chi connectivity index (χ1) is 13.1. The van der Waals surface area contributed by atoms with Gasteiger partial charge in [-0.05, 0) is 71.6 Å². The number of nitrogens with zero attached hydrogens (tertiary/aromatic N) is 1. The van der Waals surface area contributed by atoms with Crippen molar-refractivity contribution in [3.05, 3.63) is 89.0 Å². The molecule has 0 aliphatic rings. The van der Waals surface area contributed by atoms with Crippen molar-refractivity contribution >= 4 is 40.1 Å². The summed E-state index contributed by atoms with van der Waals surface area (Å²) in [4.78, 5) is 15.7. The van der Waals surface area contributed by atoms with Gasteiger partial charge in [0.25, 0.3) is 5.24 Å². The zero-order valence-corrected chi connectivity index (χ0v) is 15.4. The Bertz CT molecular complexity index is 1140. The molecule has 1 aromatic heterocycles. The van der Waals surface area contributed by atoms with Crippen molar-refractivity contribution in [1.29, 1.82) is 0 Å².